The summed E-state index contributed by atoms with van der Waals surface area (Å²) in [5.41, 5.74) is 5.64. The molecular weight excluding hydrogens is 1000 g/mol. The van der Waals surface area contributed by atoms with Crippen LogP contribution in [0, 0.1) is 18.2 Å². The molecule has 2 aromatic heterocycles. The van der Waals surface area contributed by atoms with Crippen LogP contribution in [0.5, 0.6) is 5.75 Å². The van der Waals surface area contributed by atoms with Crippen LogP contribution in [-0.2, 0) is 35.2 Å². The SMILES string of the molecule is Cc1ncsc1-c1ccc(CNC(=O)[C@@H]2C[C@@H](O)CN2C(=O)[C@@H](NC(=O)CCCCCOCCCCOCCCCOc2cc3ncnc(Nc4ccc(F)c(Cl)c4)c3cc2NC(=O)/C=C/N(C)C)C(C)(C)C)cc1. The molecule has 75 heavy (non-hydrogen) atoms. The highest BCUT2D eigenvalue weighted by molar-refractivity contribution is 7.13. The van der Waals surface area contributed by atoms with Crippen LogP contribution in [-0.4, -0.2) is 125 Å². The van der Waals surface area contributed by atoms with Crippen LogP contribution in [0.3, 0.4) is 0 Å². The first kappa shape index (κ1) is 58.0. The van der Waals surface area contributed by atoms with E-state index >= 15 is 0 Å². The van der Waals surface area contributed by atoms with Gasteiger partial charge in [-0.3, -0.25) is 19.2 Å². The minimum Gasteiger partial charge on any atom is -0.491 e. The fourth-order valence-electron chi connectivity index (χ4n) is 8.28. The van der Waals surface area contributed by atoms with Crippen LogP contribution >= 0.6 is 22.9 Å². The second-order valence-corrected chi connectivity index (χ2v) is 21.1. The molecule has 0 spiro atoms. The number of β-amino-alcohol motifs (C(OH)–C–C–N with tert-alkyl or cyclic N) is 1. The van der Waals surface area contributed by atoms with E-state index in [-0.39, 0.29) is 54.6 Å². The lowest BCUT2D eigenvalue weighted by Crippen LogP contribution is -2.57. The number of thiazole rings is 1. The first-order valence-electron chi connectivity index (χ1n) is 25.5. The Kier molecular flexibility index (Phi) is 22.1. The van der Waals surface area contributed by atoms with Crippen LogP contribution in [0.25, 0.3) is 21.3 Å². The summed E-state index contributed by atoms with van der Waals surface area (Å²) in [6.07, 6.45) is 9.39. The molecule has 0 unspecified atom stereocenters. The predicted molar refractivity (Wildman–Crippen MR) is 291 cm³/mol. The molecule has 6 rings (SSSR count). The Bertz CT molecular complexity index is 2720. The number of carbonyl (C=O) groups excluding carboxylic acids is 4. The van der Waals surface area contributed by atoms with Gasteiger partial charge in [0.15, 0.2) is 0 Å². The van der Waals surface area contributed by atoms with E-state index in [1.807, 2.05) is 71.6 Å². The number of aliphatic hydroxyl groups is 1. The van der Waals surface area contributed by atoms with Crippen molar-refractivity contribution in [2.75, 3.05) is 64.3 Å². The molecule has 1 aliphatic rings. The second-order valence-electron chi connectivity index (χ2n) is 19.9. The van der Waals surface area contributed by atoms with Crippen LogP contribution in [0.1, 0.15) is 89.8 Å². The molecule has 5 aromatic rings. The van der Waals surface area contributed by atoms with Gasteiger partial charge in [-0.1, -0.05) is 63.1 Å². The van der Waals surface area contributed by atoms with Crippen molar-refractivity contribution in [1.82, 2.24) is 35.4 Å². The number of nitrogens with zero attached hydrogens (tertiary/aromatic N) is 5. The maximum Gasteiger partial charge on any atom is 0.249 e. The number of aromatic nitrogens is 3. The van der Waals surface area contributed by atoms with E-state index in [4.69, 9.17) is 25.8 Å². The molecule has 0 radical (unpaired) electrons. The van der Waals surface area contributed by atoms with E-state index in [2.05, 4.69) is 36.2 Å². The van der Waals surface area contributed by atoms with Crippen molar-refractivity contribution in [2.45, 2.75) is 110 Å². The lowest BCUT2D eigenvalue weighted by Gasteiger charge is -2.35. The number of benzene rings is 3. The summed E-state index contributed by atoms with van der Waals surface area (Å²) in [5, 5.41) is 23.1. The normalized spacial score (nSPS) is 15.0. The van der Waals surface area contributed by atoms with Gasteiger partial charge in [-0.25, -0.2) is 19.3 Å². The van der Waals surface area contributed by atoms with E-state index in [9.17, 15) is 28.7 Å². The third-order valence-corrected chi connectivity index (χ3v) is 13.6. The number of aryl methyl sites for hydroxylation is 1. The Morgan fingerprint density at radius 3 is 2.27 bits per heavy atom. The number of likely N-dealkylation sites (tertiary alicyclic amines) is 1. The Labute approximate surface area is 448 Å². The topological polar surface area (TPSA) is 209 Å². The summed E-state index contributed by atoms with van der Waals surface area (Å²) in [6, 6.07) is 13.9. The first-order chi connectivity index (χ1) is 36.0. The lowest BCUT2D eigenvalue weighted by molar-refractivity contribution is -0.144. The van der Waals surface area contributed by atoms with Crippen LogP contribution in [0.15, 0.2) is 78.7 Å². The Balaban J connectivity index is 0.831. The Hall–Kier alpha value is -6.25. The number of unbranched alkanes of at least 4 members (excludes halogenated alkanes) is 4. The standard InChI is InChI=1S/C55H71ClFN9O8S/c1-36-50(75-35-61-36)38-17-15-37(16-18-38)32-58-53(70)46-29-40(67)33-66(46)54(71)51(55(2,3)4)64-48(68)14-8-7-9-23-72-24-10-11-25-73-26-12-13-27-74-47-31-44-41(30-45(47)63-49(69)21-22-65(5)6)52(60-34-59-44)62-39-19-20-43(57)42(56)28-39/h15-22,28,30-31,34-35,40,46,51,67H,7-14,23-27,29,32-33H2,1-6H3,(H,58,70)(H,63,69)(H,64,68)(H,59,60,62)/b22-21+/t40-,46+,51-/m1/s1. The number of aliphatic hydroxyl groups excluding tert-OH is 1. The molecule has 3 aromatic carbocycles. The number of fused-ring (bicyclic) bond motifs is 1. The maximum atomic E-state index is 14.0. The van der Waals surface area contributed by atoms with Gasteiger partial charge in [-0.2, -0.15) is 0 Å². The third kappa shape index (κ3) is 17.9. The second kappa shape index (κ2) is 28.6. The van der Waals surface area contributed by atoms with Crippen molar-refractivity contribution in [2.24, 2.45) is 5.41 Å². The van der Waals surface area contributed by atoms with Gasteiger partial charge < -0.3 is 50.4 Å². The minimum absolute atomic E-state index is 0.0145. The van der Waals surface area contributed by atoms with Gasteiger partial charge in [0, 0.05) is 95.9 Å². The fraction of sp³-hybridized carbons (Fsp3) is 0.473. The van der Waals surface area contributed by atoms with E-state index < -0.39 is 29.4 Å². The quantitative estimate of drug-likeness (QED) is 0.0234. The molecular formula is C55H71ClFN9O8S. The van der Waals surface area contributed by atoms with Gasteiger partial charge in [-0.15, -0.1) is 11.3 Å². The van der Waals surface area contributed by atoms with Gasteiger partial charge >= 0.3 is 0 Å². The van der Waals surface area contributed by atoms with Crippen molar-refractivity contribution in [3.8, 4) is 16.2 Å². The molecule has 404 valence electrons. The number of nitrogens with one attached hydrogen (secondary N) is 4. The first-order valence-corrected chi connectivity index (χ1v) is 26.7. The summed E-state index contributed by atoms with van der Waals surface area (Å²) < 4.78 is 31.6. The smallest absolute Gasteiger partial charge is 0.249 e. The molecule has 1 aliphatic heterocycles. The molecule has 4 amide bonds. The van der Waals surface area contributed by atoms with E-state index in [0.717, 1.165) is 53.8 Å². The van der Waals surface area contributed by atoms with Crippen molar-refractivity contribution in [1.29, 1.82) is 0 Å². The fourth-order valence-corrected chi connectivity index (χ4v) is 9.28. The number of halogens is 2. The monoisotopic (exact) mass is 1070 g/mol. The molecule has 20 heteroatoms. The van der Waals surface area contributed by atoms with Crippen LogP contribution < -0.4 is 26.0 Å². The number of anilines is 3. The Morgan fingerprint density at radius 2 is 1.61 bits per heavy atom. The highest BCUT2D eigenvalue weighted by Gasteiger charge is 2.44. The van der Waals surface area contributed by atoms with Crippen LogP contribution in [0.2, 0.25) is 5.02 Å². The largest absolute Gasteiger partial charge is 0.491 e. The zero-order valence-electron chi connectivity index (χ0n) is 43.8. The molecule has 5 N–H and O–H groups in total. The zero-order chi connectivity index (χ0) is 53.9. The number of carbonyl (C=O) groups is 4. The highest BCUT2D eigenvalue weighted by Crippen LogP contribution is 2.35. The molecule has 17 nitrogen and oxygen atoms in total. The van der Waals surface area contributed by atoms with Crippen molar-refractivity contribution in [3.63, 3.8) is 0 Å². The molecule has 0 saturated carbocycles. The maximum absolute atomic E-state index is 14.0. The molecule has 0 aliphatic carbocycles. The minimum atomic E-state index is -0.879. The van der Waals surface area contributed by atoms with Crippen molar-refractivity contribution < 1.29 is 42.9 Å². The average Bonchev–Trinajstić information content (AvgIpc) is 4.00. The zero-order valence-corrected chi connectivity index (χ0v) is 45.3. The summed E-state index contributed by atoms with van der Waals surface area (Å²) >= 11 is 7.57. The van der Waals surface area contributed by atoms with Crippen LogP contribution in [0.4, 0.5) is 21.6 Å². The summed E-state index contributed by atoms with van der Waals surface area (Å²) in [6.45, 7) is 10.6. The Morgan fingerprint density at radius 1 is 0.920 bits per heavy atom. The molecule has 1 fully saturated rings. The van der Waals surface area contributed by atoms with E-state index in [1.54, 1.807) is 40.6 Å². The molecule has 0 bridgehead atoms. The van der Waals surface area contributed by atoms with Crippen molar-refractivity contribution >= 4 is 74.7 Å². The lowest BCUT2D eigenvalue weighted by atomic mass is 9.85. The summed E-state index contributed by atoms with van der Waals surface area (Å²) in [5.74, 6) is -0.965. The number of ether oxygens (including phenoxy) is 3. The molecule has 3 atom stereocenters. The number of amides is 4. The molecule has 1 saturated heterocycles. The van der Waals surface area contributed by atoms with Gasteiger partial charge in [0.2, 0.25) is 23.6 Å². The van der Waals surface area contributed by atoms with E-state index in [1.165, 1.54) is 29.4 Å². The van der Waals surface area contributed by atoms with E-state index in [0.29, 0.717) is 79.7 Å². The average molecular weight is 1070 g/mol. The molecule has 3 heterocycles. The number of rotatable bonds is 28. The van der Waals surface area contributed by atoms with Crippen molar-refractivity contribution in [3.05, 3.63) is 101 Å². The summed E-state index contributed by atoms with van der Waals surface area (Å²) in [4.78, 5) is 70.8. The van der Waals surface area contributed by atoms with Gasteiger partial charge in [-0.05, 0) is 86.3 Å². The number of hydrogen-bond donors (Lipinski definition) is 5. The summed E-state index contributed by atoms with van der Waals surface area (Å²) in [7, 11) is 3.63. The highest BCUT2D eigenvalue weighted by atomic mass is 35.5. The third-order valence-electron chi connectivity index (χ3n) is 12.4. The predicted octanol–water partition coefficient (Wildman–Crippen LogP) is 8.95. The number of hydrogen-bond acceptors (Lipinski definition) is 14. The van der Waals surface area contributed by atoms with Gasteiger partial charge in [0.25, 0.3) is 0 Å². The van der Waals surface area contributed by atoms with Gasteiger partial charge in [0.05, 0.1) is 45.0 Å². The van der Waals surface area contributed by atoms with Gasteiger partial charge in [0.1, 0.15) is 35.8 Å².